The molecule has 2 heterocycles. The van der Waals surface area contributed by atoms with Gasteiger partial charge in [0.05, 0.1) is 13.7 Å². The van der Waals surface area contributed by atoms with Crippen LogP contribution < -0.4 is 19.5 Å². The van der Waals surface area contributed by atoms with Gasteiger partial charge in [0.25, 0.3) is 5.91 Å². The Bertz CT molecular complexity index is 927. The minimum absolute atomic E-state index is 0.0497. The van der Waals surface area contributed by atoms with E-state index in [4.69, 9.17) is 14.2 Å². The predicted octanol–water partition coefficient (Wildman–Crippen LogP) is 1.30. The maximum Gasteiger partial charge on any atom is 0.267 e. The molecule has 164 valence electrons. The molecule has 1 fully saturated rings. The first-order valence-corrected chi connectivity index (χ1v) is 10.4. The van der Waals surface area contributed by atoms with Crippen molar-refractivity contribution in [2.75, 3.05) is 46.4 Å². The van der Waals surface area contributed by atoms with Gasteiger partial charge in [-0.1, -0.05) is 30.3 Å². The summed E-state index contributed by atoms with van der Waals surface area (Å²) in [4.78, 5) is 29.0. The highest BCUT2D eigenvalue weighted by Gasteiger charge is 2.32. The average molecular weight is 425 g/mol. The summed E-state index contributed by atoms with van der Waals surface area (Å²) in [5, 5.41) is 2.94. The number of carbonyl (C=O) groups is 2. The number of para-hydroxylation sites is 3. The number of nitrogens with zero attached hydrogens (tertiary/aromatic N) is 2. The van der Waals surface area contributed by atoms with Crippen molar-refractivity contribution >= 4 is 11.8 Å². The van der Waals surface area contributed by atoms with Gasteiger partial charge < -0.3 is 24.4 Å². The molecular formula is C23H27N3O5. The normalized spacial score (nSPS) is 18.4. The maximum atomic E-state index is 12.8. The van der Waals surface area contributed by atoms with Crippen molar-refractivity contribution in [2.24, 2.45) is 0 Å². The van der Waals surface area contributed by atoms with Crippen molar-refractivity contribution in [2.45, 2.75) is 12.6 Å². The Morgan fingerprint density at radius 2 is 1.74 bits per heavy atom. The van der Waals surface area contributed by atoms with Crippen LogP contribution in [0.1, 0.15) is 5.56 Å². The molecule has 2 aliphatic heterocycles. The molecule has 0 bridgehead atoms. The number of piperazine rings is 1. The van der Waals surface area contributed by atoms with E-state index in [-0.39, 0.29) is 18.4 Å². The van der Waals surface area contributed by atoms with E-state index in [1.54, 1.807) is 18.1 Å². The fourth-order valence-corrected chi connectivity index (χ4v) is 3.77. The SMILES string of the molecule is COc1ccccc1CNC(=O)CN1CCN(C(=O)[C@@H]2COc3ccccc3O2)CC1. The van der Waals surface area contributed by atoms with Crippen LogP contribution in [0.25, 0.3) is 0 Å². The summed E-state index contributed by atoms with van der Waals surface area (Å²) in [5.41, 5.74) is 0.935. The van der Waals surface area contributed by atoms with E-state index in [0.29, 0.717) is 50.8 Å². The molecule has 1 N–H and O–H groups in total. The highest BCUT2D eigenvalue weighted by molar-refractivity contribution is 5.82. The lowest BCUT2D eigenvalue weighted by atomic mass is 10.2. The number of hydrogen-bond acceptors (Lipinski definition) is 6. The van der Waals surface area contributed by atoms with Crippen LogP contribution in [0.5, 0.6) is 17.2 Å². The monoisotopic (exact) mass is 425 g/mol. The van der Waals surface area contributed by atoms with Gasteiger partial charge in [-0.05, 0) is 18.2 Å². The Kier molecular flexibility index (Phi) is 6.57. The largest absolute Gasteiger partial charge is 0.496 e. The Morgan fingerprint density at radius 1 is 1.03 bits per heavy atom. The van der Waals surface area contributed by atoms with Crippen LogP contribution in [-0.4, -0.2) is 74.2 Å². The molecule has 2 aliphatic rings. The summed E-state index contributed by atoms with van der Waals surface area (Å²) >= 11 is 0. The van der Waals surface area contributed by atoms with Crippen molar-refractivity contribution < 1.29 is 23.8 Å². The van der Waals surface area contributed by atoms with E-state index in [0.717, 1.165) is 11.3 Å². The van der Waals surface area contributed by atoms with E-state index in [9.17, 15) is 9.59 Å². The Labute approximate surface area is 181 Å². The fourth-order valence-electron chi connectivity index (χ4n) is 3.77. The number of methoxy groups -OCH3 is 1. The molecule has 2 aromatic carbocycles. The number of carbonyl (C=O) groups excluding carboxylic acids is 2. The summed E-state index contributed by atoms with van der Waals surface area (Å²) < 4.78 is 16.8. The summed E-state index contributed by atoms with van der Waals surface area (Å²) in [5.74, 6) is 1.89. The van der Waals surface area contributed by atoms with Gasteiger partial charge in [-0.2, -0.15) is 0 Å². The molecule has 8 nitrogen and oxygen atoms in total. The van der Waals surface area contributed by atoms with Gasteiger partial charge in [0.2, 0.25) is 12.0 Å². The minimum Gasteiger partial charge on any atom is -0.496 e. The zero-order valence-corrected chi connectivity index (χ0v) is 17.6. The quantitative estimate of drug-likeness (QED) is 0.752. The van der Waals surface area contributed by atoms with E-state index < -0.39 is 6.10 Å². The Hall–Kier alpha value is -3.26. The second kappa shape index (κ2) is 9.70. The van der Waals surface area contributed by atoms with Gasteiger partial charge in [0, 0.05) is 38.3 Å². The highest BCUT2D eigenvalue weighted by atomic mass is 16.6. The van der Waals surface area contributed by atoms with Crippen LogP contribution in [0.3, 0.4) is 0 Å². The minimum atomic E-state index is -0.634. The molecule has 0 radical (unpaired) electrons. The van der Waals surface area contributed by atoms with Crippen LogP contribution in [-0.2, 0) is 16.1 Å². The standard InChI is InChI=1S/C23H27N3O5/c1-29-18-7-3-2-6-17(18)14-24-22(27)15-25-10-12-26(13-11-25)23(28)21-16-30-19-8-4-5-9-20(19)31-21/h2-9,21H,10-16H2,1H3,(H,24,27)/t21-/m0/s1. The molecule has 0 saturated carbocycles. The molecule has 1 atom stereocenters. The molecular weight excluding hydrogens is 398 g/mol. The first kappa shape index (κ1) is 21.0. The van der Waals surface area contributed by atoms with E-state index in [1.165, 1.54) is 0 Å². The second-order valence-electron chi connectivity index (χ2n) is 7.55. The van der Waals surface area contributed by atoms with Crippen LogP contribution in [0.4, 0.5) is 0 Å². The van der Waals surface area contributed by atoms with Crippen LogP contribution >= 0.6 is 0 Å². The third kappa shape index (κ3) is 5.08. The van der Waals surface area contributed by atoms with Gasteiger partial charge in [-0.3, -0.25) is 14.5 Å². The van der Waals surface area contributed by atoms with Crippen molar-refractivity contribution in [1.29, 1.82) is 0 Å². The van der Waals surface area contributed by atoms with Crippen molar-refractivity contribution in [3.05, 3.63) is 54.1 Å². The van der Waals surface area contributed by atoms with Crippen LogP contribution in [0.2, 0.25) is 0 Å². The molecule has 2 amide bonds. The average Bonchev–Trinajstić information content (AvgIpc) is 2.82. The molecule has 8 heteroatoms. The summed E-state index contributed by atoms with van der Waals surface area (Å²) in [6.07, 6.45) is -0.634. The summed E-state index contributed by atoms with van der Waals surface area (Å²) in [7, 11) is 1.62. The lowest BCUT2D eigenvalue weighted by molar-refractivity contribution is -0.143. The molecule has 0 aromatic heterocycles. The summed E-state index contributed by atoms with van der Waals surface area (Å²) in [6.45, 7) is 3.31. The number of rotatable bonds is 6. The zero-order chi connectivity index (χ0) is 21.6. The van der Waals surface area contributed by atoms with Crippen LogP contribution in [0, 0.1) is 0 Å². The molecule has 0 unspecified atom stereocenters. The van der Waals surface area contributed by atoms with Crippen molar-refractivity contribution in [3.8, 4) is 17.2 Å². The maximum absolute atomic E-state index is 12.8. The number of fused-ring (bicyclic) bond motifs is 1. The Morgan fingerprint density at radius 3 is 2.52 bits per heavy atom. The third-order valence-electron chi connectivity index (χ3n) is 5.50. The van der Waals surface area contributed by atoms with Gasteiger partial charge in [-0.25, -0.2) is 0 Å². The second-order valence-corrected chi connectivity index (χ2v) is 7.55. The third-order valence-corrected chi connectivity index (χ3v) is 5.50. The molecule has 31 heavy (non-hydrogen) atoms. The van der Waals surface area contributed by atoms with E-state index >= 15 is 0 Å². The first-order valence-electron chi connectivity index (χ1n) is 10.4. The van der Waals surface area contributed by atoms with Crippen LogP contribution in [0.15, 0.2) is 48.5 Å². The number of ether oxygens (including phenoxy) is 3. The molecule has 4 rings (SSSR count). The molecule has 0 spiro atoms. The lowest BCUT2D eigenvalue weighted by Crippen LogP contribution is -2.55. The topological polar surface area (TPSA) is 80.3 Å². The zero-order valence-electron chi connectivity index (χ0n) is 17.6. The number of amides is 2. The van der Waals surface area contributed by atoms with E-state index in [1.807, 2.05) is 42.5 Å². The van der Waals surface area contributed by atoms with E-state index in [2.05, 4.69) is 10.2 Å². The highest BCUT2D eigenvalue weighted by Crippen LogP contribution is 2.31. The molecule has 2 aromatic rings. The summed E-state index contributed by atoms with van der Waals surface area (Å²) in [6, 6.07) is 15.0. The van der Waals surface area contributed by atoms with Gasteiger partial charge >= 0.3 is 0 Å². The Balaban J connectivity index is 1.21. The van der Waals surface area contributed by atoms with Crippen molar-refractivity contribution in [3.63, 3.8) is 0 Å². The molecule has 0 aliphatic carbocycles. The van der Waals surface area contributed by atoms with Gasteiger partial charge in [0.1, 0.15) is 12.4 Å². The number of nitrogens with one attached hydrogen (secondary N) is 1. The smallest absolute Gasteiger partial charge is 0.267 e. The van der Waals surface area contributed by atoms with Gasteiger partial charge in [-0.15, -0.1) is 0 Å². The van der Waals surface area contributed by atoms with Crippen molar-refractivity contribution in [1.82, 2.24) is 15.1 Å². The van der Waals surface area contributed by atoms with Gasteiger partial charge in [0.15, 0.2) is 11.5 Å². The molecule has 1 saturated heterocycles. The first-order chi connectivity index (χ1) is 15.1. The fraction of sp³-hybridized carbons (Fsp3) is 0.391. The number of hydrogen-bond donors (Lipinski definition) is 1. The lowest BCUT2D eigenvalue weighted by Gasteiger charge is -2.36. The predicted molar refractivity (Wildman–Crippen MR) is 114 cm³/mol. The number of benzene rings is 2.